The van der Waals surface area contributed by atoms with Crippen molar-refractivity contribution in [2.45, 2.75) is 0 Å². The lowest BCUT2D eigenvalue weighted by molar-refractivity contribution is 0.101. The fourth-order valence-electron chi connectivity index (χ4n) is 1.86. The van der Waals surface area contributed by atoms with Crippen molar-refractivity contribution in [3.05, 3.63) is 66.3 Å². The molecule has 7 heteroatoms. The molecule has 0 saturated carbocycles. The van der Waals surface area contributed by atoms with Gasteiger partial charge >= 0.3 is 6.01 Å². The van der Waals surface area contributed by atoms with Crippen LogP contribution in [-0.4, -0.2) is 15.9 Å². The van der Waals surface area contributed by atoms with Gasteiger partial charge in [0.25, 0.3) is 5.91 Å². The summed E-state index contributed by atoms with van der Waals surface area (Å²) < 4.78 is 31.2. The van der Waals surface area contributed by atoms with Gasteiger partial charge in [0.15, 0.2) is 11.6 Å². The molecular weight excluding hydrogens is 292 g/mol. The number of rotatable bonds is 3. The van der Waals surface area contributed by atoms with E-state index in [2.05, 4.69) is 15.3 Å². The molecule has 5 nitrogen and oxygen atoms in total. The minimum Gasteiger partial charge on any atom is -0.432 e. The van der Waals surface area contributed by atoms with Crippen molar-refractivity contribution in [1.29, 1.82) is 0 Å². The largest absolute Gasteiger partial charge is 0.432 e. The van der Waals surface area contributed by atoms with E-state index in [1.165, 1.54) is 30.8 Å². The van der Waals surface area contributed by atoms with E-state index in [9.17, 15) is 13.6 Å². The summed E-state index contributed by atoms with van der Waals surface area (Å²) in [6.07, 6.45) is 4.11. The highest BCUT2D eigenvalue weighted by atomic mass is 19.2. The van der Waals surface area contributed by atoms with E-state index in [1.807, 2.05) is 0 Å². The second-order valence-corrected chi connectivity index (χ2v) is 4.35. The van der Waals surface area contributed by atoms with Crippen LogP contribution >= 0.6 is 0 Å². The van der Waals surface area contributed by atoms with Gasteiger partial charge in [0.1, 0.15) is 12.0 Å². The highest BCUT2D eigenvalue weighted by Crippen LogP contribution is 2.22. The van der Waals surface area contributed by atoms with E-state index < -0.39 is 17.5 Å². The zero-order chi connectivity index (χ0) is 15.5. The average molecular weight is 301 g/mol. The number of nitrogens with one attached hydrogen (secondary N) is 1. The van der Waals surface area contributed by atoms with Crippen molar-refractivity contribution in [2.24, 2.45) is 0 Å². The molecule has 0 unspecified atom stereocenters. The molecular formula is C15H9F2N3O2. The fourth-order valence-corrected chi connectivity index (χ4v) is 1.86. The number of oxazole rings is 1. The quantitative estimate of drug-likeness (QED) is 0.806. The van der Waals surface area contributed by atoms with Crippen molar-refractivity contribution in [2.75, 3.05) is 5.32 Å². The lowest BCUT2D eigenvalue weighted by atomic mass is 10.1. The van der Waals surface area contributed by atoms with Gasteiger partial charge < -0.3 is 4.42 Å². The second-order valence-electron chi connectivity index (χ2n) is 4.35. The van der Waals surface area contributed by atoms with E-state index in [1.54, 1.807) is 6.07 Å². The van der Waals surface area contributed by atoms with E-state index in [0.717, 1.165) is 12.1 Å². The first-order chi connectivity index (χ1) is 10.6. The van der Waals surface area contributed by atoms with Crippen LogP contribution in [0.25, 0.3) is 11.1 Å². The predicted molar refractivity (Wildman–Crippen MR) is 74.0 cm³/mol. The Hall–Kier alpha value is -3.09. The summed E-state index contributed by atoms with van der Waals surface area (Å²) in [6.45, 7) is 0. The van der Waals surface area contributed by atoms with Gasteiger partial charge in [-0.05, 0) is 35.4 Å². The number of hydrogen-bond acceptors (Lipinski definition) is 4. The third-order valence-corrected chi connectivity index (χ3v) is 2.90. The van der Waals surface area contributed by atoms with Crippen molar-refractivity contribution < 1.29 is 18.0 Å². The first kappa shape index (κ1) is 13.9. The van der Waals surface area contributed by atoms with Crippen LogP contribution in [0.2, 0.25) is 0 Å². The van der Waals surface area contributed by atoms with Gasteiger partial charge in [0.2, 0.25) is 0 Å². The molecule has 1 N–H and O–H groups in total. The summed E-state index contributed by atoms with van der Waals surface area (Å²) in [4.78, 5) is 19.7. The Morgan fingerprint density at radius 1 is 1.00 bits per heavy atom. The Morgan fingerprint density at radius 2 is 1.82 bits per heavy atom. The van der Waals surface area contributed by atoms with Crippen molar-refractivity contribution in [3.63, 3.8) is 0 Å². The lowest BCUT2D eigenvalue weighted by Crippen LogP contribution is -2.13. The minimum atomic E-state index is -0.958. The molecule has 2 aromatic heterocycles. The Morgan fingerprint density at radius 3 is 2.55 bits per heavy atom. The summed E-state index contributed by atoms with van der Waals surface area (Å²) in [7, 11) is 0. The van der Waals surface area contributed by atoms with Crippen LogP contribution in [0.15, 0.2) is 53.4 Å². The Bertz CT molecular complexity index is 819. The van der Waals surface area contributed by atoms with Crippen LogP contribution in [0.3, 0.4) is 0 Å². The molecule has 0 aliphatic rings. The van der Waals surface area contributed by atoms with Crippen LogP contribution in [-0.2, 0) is 0 Å². The van der Waals surface area contributed by atoms with Gasteiger partial charge in [-0.3, -0.25) is 15.1 Å². The maximum Gasteiger partial charge on any atom is 0.301 e. The molecule has 0 saturated heterocycles. The molecule has 3 aromatic rings. The van der Waals surface area contributed by atoms with Gasteiger partial charge in [-0.1, -0.05) is 6.07 Å². The Balaban J connectivity index is 1.88. The Labute approximate surface area is 123 Å². The molecule has 22 heavy (non-hydrogen) atoms. The van der Waals surface area contributed by atoms with Crippen molar-refractivity contribution in [3.8, 4) is 11.1 Å². The number of aromatic nitrogens is 2. The van der Waals surface area contributed by atoms with Crippen LogP contribution in [0.4, 0.5) is 14.8 Å². The molecule has 3 rings (SSSR count). The molecule has 0 spiro atoms. The number of benzene rings is 1. The molecule has 1 aromatic carbocycles. The first-order valence-corrected chi connectivity index (χ1v) is 6.26. The van der Waals surface area contributed by atoms with E-state index in [-0.39, 0.29) is 11.7 Å². The molecule has 0 aliphatic heterocycles. The van der Waals surface area contributed by atoms with Gasteiger partial charge in [0.05, 0.1) is 6.20 Å². The fraction of sp³-hybridized carbons (Fsp3) is 0. The molecule has 0 aliphatic carbocycles. The third kappa shape index (κ3) is 2.83. The maximum atomic E-state index is 13.3. The second kappa shape index (κ2) is 5.72. The zero-order valence-electron chi connectivity index (χ0n) is 11.1. The number of nitrogens with zero attached hydrogens (tertiary/aromatic N) is 2. The third-order valence-electron chi connectivity index (χ3n) is 2.90. The highest BCUT2D eigenvalue weighted by molar-refractivity contribution is 6.02. The minimum absolute atomic E-state index is 0.0463. The molecule has 110 valence electrons. The van der Waals surface area contributed by atoms with Crippen LogP contribution < -0.4 is 5.32 Å². The van der Waals surface area contributed by atoms with Gasteiger partial charge in [0, 0.05) is 6.20 Å². The van der Waals surface area contributed by atoms with Crippen LogP contribution in [0.5, 0.6) is 0 Å². The summed E-state index contributed by atoms with van der Waals surface area (Å²) in [6, 6.07) is 6.60. The van der Waals surface area contributed by atoms with E-state index >= 15 is 0 Å². The number of hydrogen-bond donors (Lipinski definition) is 1. The molecule has 2 heterocycles. The molecule has 1 amide bonds. The monoisotopic (exact) mass is 301 g/mol. The normalized spacial score (nSPS) is 10.5. The number of anilines is 1. The van der Waals surface area contributed by atoms with E-state index in [4.69, 9.17) is 4.42 Å². The molecule has 0 fully saturated rings. The summed E-state index contributed by atoms with van der Waals surface area (Å²) >= 11 is 0. The highest BCUT2D eigenvalue weighted by Gasteiger charge is 2.12. The topological polar surface area (TPSA) is 68.0 Å². The SMILES string of the molecule is O=C(Nc1ncco1)c1cc(-c2ccc(F)c(F)c2)ccn1. The summed E-state index contributed by atoms with van der Waals surface area (Å²) in [5.74, 6) is -2.41. The van der Waals surface area contributed by atoms with Gasteiger partial charge in [-0.2, -0.15) is 0 Å². The summed E-state index contributed by atoms with van der Waals surface area (Å²) in [5, 5.41) is 2.42. The molecule has 0 radical (unpaired) electrons. The van der Waals surface area contributed by atoms with Crippen molar-refractivity contribution in [1.82, 2.24) is 9.97 Å². The van der Waals surface area contributed by atoms with Gasteiger partial charge in [-0.15, -0.1) is 0 Å². The lowest BCUT2D eigenvalue weighted by Gasteiger charge is -2.05. The van der Waals surface area contributed by atoms with Gasteiger partial charge in [-0.25, -0.2) is 13.8 Å². The number of carbonyl (C=O) groups excluding carboxylic acids is 1. The maximum absolute atomic E-state index is 13.3. The van der Waals surface area contributed by atoms with Crippen molar-refractivity contribution >= 4 is 11.9 Å². The Kier molecular flexibility index (Phi) is 3.61. The van der Waals surface area contributed by atoms with Crippen LogP contribution in [0.1, 0.15) is 10.5 Å². The standard InChI is InChI=1S/C15H9F2N3O2/c16-11-2-1-9(7-12(11)17)10-3-4-18-13(8-10)14(21)20-15-19-5-6-22-15/h1-8H,(H,19,20,21). The number of halogens is 2. The smallest absolute Gasteiger partial charge is 0.301 e. The predicted octanol–water partition coefficient (Wildman–Crippen LogP) is 3.27. The van der Waals surface area contributed by atoms with E-state index in [0.29, 0.717) is 11.1 Å². The number of pyridine rings is 1. The number of amides is 1. The zero-order valence-corrected chi connectivity index (χ0v) is 11.1. The molecule has 0 atom stereocenters. The first-order valence-electron chi connectivity index (χ1n) is 6.26. The molecule has 0 bridgehead atoms. The van der Waals surface area contributed by atoms with Crippen LogP contribution in [0, 0.1) is 11.6 Å². The average Bonchev–Trinajstić information content (AvgIpc) is 3.03. The number of carbonyl (C=O) groups is 1. The summed E-state index contributed by atoms with van der Waals surface area (Å²) in [5.41, 5.74) is 1.07.